The molecule has 0 aliphatic heterocycles. The molecule has 0 heterocycles. The zero-order valence-corrected chi connectivity index (χ0v) is 11.7. The van der Waals surface area contributed by atoms with Gasteiger partial charge in [-0.3, -0.25) is 0 Å². The van der Waals surface area contributed by atoms with Crippen molar-refractivity contribution < 1.29 is 0 Å². The summed E-state index contributed by atoms with van der Waals surface area (Å²) in [6.07, 6.45) is 5.12. The van der Waals surface area contributed by atoms with Crippen molar-refractivity contribution in [2.24, 2.45) is 11.8 Å². The maximum Gasteiger partial charge on any atom is 0.0606 e. The summed E-state index contributed by atoms with van der Waals surface area (Å²) < 4.78 is 0.446. The molecule has 0 saturated carbocycles. The molecule has 0 nitrogen and oxygen atoms in total. The van der Waals surface area contributed by atoms with Gasteiger partial charge in [-0.2, -0.15) is 0 Å². The van der Waals surface area contributed by atoms with E-state index in [9.17, 15) is 0 Å². The van der Waals surface area contributed by atoms with E-state index in [-0.39, 0.29) is 0 Å². The van der Waals surface area contributed by atoms with Crippen LogP contribution in [-0.4, -0.2) is 10.3 Å². The average molecular weight is 233 g/mol. The van der Waals surface area contributed by atoms with E-state index in [1.165, 1.54) is 31.4 Å². The Labute approximate surface area is 100 Å². The molecule has 85 valence electrons. The second-order valence-electron chi connectivity index (χ2n) is 4.57. The molecular weight excluding hydrogens is 208 g/mol. The van der Waals surface area contributed by atoms with E-state index in [1.807, 2.05) is 11.8 Å². The van der Waals surface area contributed by atoms with Crippen LogP contribution < -0.4 is 0 Å². The molecule has 2 heteroatoms. The highest BCUT2D eigenvalue weighted by Crippen LogP contribution is 2.24. The molecule has 0 bridgehead atoms. The Morgan fingerprint density at radius 2 is 1.71 bits per heavy atom. The number of thioether (sulfide) groups is 1. The molecule has 2 unspecified atom stereocenters. The minimum Gasteiger partial charge on any atom is -0.147 e. The molecular formula is C12H25S2. The second kappa shape index (κ2) is 8.96. The van der Waals surface area contributed by atoms with Crippen LogP contribution in [0.25, 0.3) is 0 Å². The zero-order valence-electron chi connectivity index (χ0n) is 10.1. The summed E-state index contributed by atoms with van der Waals surface area (Å²) in [7, 11) is 0. The highest BCUT2D eigenvalue weighted by molar-refractivity contribution is 8.10. The molecule has 0 aliphatic carbocycles. The summed E-state index contributed by atoms with van der Waals surface area (Å²) in [4.78, 5) is 0. The first-order chi connectivity index (χ1) is 6.56. The molecule has 2 atom stereocenters. The van der Waals surface area contributed by atoms with Crippen LogP contribution in [-0.2, 0) is 0 Å². The van der Waals surface area contributed by atoms with Crippen molar-refractivity contribution in [3.8, 4) is 0 Å². The Balaban J connectivity index is 3.30. The zero-order chi connectivity index (χ0) is 11.0. The van der Waals surface area contributed by atoms with Crippen LogP contribution in [0.3, 0.4) is 0 Å². The number of hydrogen-bond donors (Lipinski definition) is 0. The summed E-state index contributed by atoms with van der Waals surface area (Å²) in [5.74, 6) is 2.92. The van der Waals surface area contributed by atoms with Crippen LogP contribution in [0.2, 0.25) is 0 Å². The van der Waals surface area contributed by atoms with Crippen molar-refractivity contribution in [2.45, 2.75) is 58.0 Å². The molecule has 0 aliphatic rings. The first-order valence-electron chi connectivity index (χ1n) is 5.83. The lowest BCUT2D eigenvalue weighted by Gasteiger charge is -2.12. The topological polar surface area (TPSA) is 0 Å². The fraction of sp³-hybridized carbons (Fsp3) is 1.00. The van der Waals surface area contributed by atoms with Gasteiger partial charge in [0.15, 0.2) is 0 Å². The van der Waals surface area contributed by atoms with Crippen LogP contribution >= 0.6 is 24.4 Å². The summed E-state index contributed by atoms with van der Waals surface area (Å²) in [6.45, 7) is 9.13. The first kappa shape index (κ1) is 14.7. The predicted molar refractivity (Wildman–Crippen MR) is 72.0 cm³/mol. The molecule has 0 rings (SSSR count). The van der Waals surface area contributed by atoms with Crippen LogP contribution in [0.5, 0.6) is 0 Å². The third kappa shape index (κ3) is 9.26. The maximum atomic E-state index is 5.41. The lowest BCUT2D eigenvalue weighted by Crippen LogP contribution is -2.00. The molecule has 0 spiro atoms. The minimum absolute atomic E-state index is 0.446. The summed E-state index contributed by atoms with van der Waals surface area (Å²) >= 11 is 7.38. The van der Waals surface area contributed by atoms with Crippen LogP contribution in [0.15, 0.2) is 0 Å². The highest BCUT2D eigenvalue weighted by Gasteiger charge is 2.06. The molecule has 0 aromatic heterocycles. The van der Waals surface area contributed by atoms with Crippen molar-refractivity contribution in [1.29, 1.82) is 0 Å². The van der Waals surface area contributed by atoms with Crippen molar-refractivity contribution in [1.82, 2.24) is 0 Å². The Hall–Kier alpha value is 0.700. The lowest BCUT2D eigenvalue weighted by molar-refractivity contribution is 0.547. The highest BCUT2D eigenvalue weighted by atomic mass is 32.2. The van der Waals surface area contributed by atoms with Crippen molar-refractivity contribution in [3.05, 3.63) is 0 Å². The maximum absolute atomic E-state index is 5.41. The Morgan fingerprint density at radius 1 is 1.07 bits per heavy atom. The summed E-state index contributed by atoms with van der Waals surface area (Å²) in [5.41, 5.74) is 0. The number of rotatable bonds is 8. The normalized spacial score (nSPS) is 15.9. The molecule has 0 N–H and O–H groups in total. The third-order valence-corrected chi connectivity index (χ3v) is 4.31. The Bertz CT molecular complexity index is 123. The van der Waals surface area contributed by atoms with Gasteiger partial charge < -0.3 is 0 Å². The van der Waals surface area contributed by atoms with Gasteiger partial charge in [0.05, 0.1) is 4.58 Å². The van der Waals surface area contributed by atoms with Crippen LogP contribution in [0.1, 0.15) is 53.4 Å². The summed E-state index contributed by atoms with van der Waals surface area (Å²) in [6, 6.07) is 0. The Kier molecular flexibility index (Phi) is 9.41. The minimum atomic E-state index is 0.446. The quantitative estimate of drug-likeness (QED) is 0.561. The smallest absolute Gasteiger partial charge is 0.0606 e. The van der Waals surface area contributed by atoms with Gasteiger partial charge in [-0.1, -0.05) is 46.7 Å². The molecule has 14 heavy (non-hydrogen) atoms. The van der Waals surface area contributed by atoms with Gasteiger partial charge in [0.1, 0.15) is 0 Å². The van der Waals surface area contributed by atoms with Crippen molar-refractivity contribution >= 4 is 24.4 Å². The van der Waals surface area contributed by atoms with E-state index in [0.29, 0.717) is 4.58 Å². The van der Waals surface area contributed by atoms with Crippen molar-refractivity contribution in [2.75, 3.05) is 5.75 Å². The van der Waals surface area contributed by atoms with E-state index >= 15 is 0 Å². The molecule has 0 aromatic carbocycles. The van der Waals surface area contributed by atoms with Crippen LogP contribution in [0, 0.1) is 11.8 Å². The van der Waals surface area contributed by atoms with Gasteiger partial charge in [-0.25, -0.2) is 0 Å². The average Bonchev–Trinajstić information content (AvgIpc) is 2.14. The van der Waals surface area contributed by atoms with E-state index in [4.69, 9.17) is 12.6 Å². The van der Waals surface area contributed by atoms with Crippen molar-refractivity contribution in [3.63, 3.8) is 0 Å². The monoisotopic (exact) mass is 233 g/mol. The largest absolute Gasteiger partial charge is 0.147 e. The molecule has 0 amide bonds. The van der Waals surface area contributed by atoms with Gasteiger partial charge in [0, 0.05) is 0 Å². The standard InChI is InChI=1S/C12H25S2/c1-5-11(4)8-9-14-12(13)7-6-10(2)3/h10-12H,5-9H2,1-4H3. The fourth-order valence-corrected chi connectivity index (χ4v) is 2.69. The van der Waals surface area contributed by atoms with Gasteiger partial charge in [-0.15, -0.1) is 11.8 Å². The molecule has 0 fully saturated rings. The Morgan fingerprint density at radius 3 is 2.21 bits per heavy atom. The predicted octanol–water partition coefficient (Wildman–Crippen LogP) is 5.12. The van der Waals surface area contributed by atoms with Gasteiger partial charge in [-0.05, 0) is 36.9 Å². The molecule has 0 saturated heterocycles. The molecule has 1 radical (unpaired) electrons. The van der Waals surface area contributed by atoms with Gasteiger partial charge in [0.2, 0.25) is 0 Å². The summed E-state index contributed by atoms with van der Waals surface area (Å²) in [5, 5.41) is 0. The van der Waals surface area contributed by atoms with E-state index < -0.39 is 0 Å². The first-order valence-corrected chi connectivity index (χ1v) is 7.35. The second-order valence-corrected chi connectivity index (χ2v) is 6.75. The van der Waals surface area contributed by atoms with E-state index in [0.717, 1.165) is 11.8 Å². The molecule has 0 aromatic rings. The lowest BCUT2D eigenvalue weighted by atomic mass is 10.1. The van der Waals surface area contributed by atoms with Crippen LogP contribution in [0.4, 0.5) is 0 Å². The number of hydrogen-bond acceptors (Lipinski definition) is 1. The fourth-order valence-electron chi connectivity index (χ4n) is 1.16. The van der Waals surface area contributed by atoms with E-state index in [1.54, 1.807) is 0 Å². The SMILES string of the molecule is CCC(C)CCSC([S])CCC(C)C. The van der Waals surface area contributed by atoms with E-state index in [2.05, 4.69) is 27.7 Å². The van der Waals surface area contributed by atoms with Gasteiger partial charge >= 0.3 is 0 Å². The third-order valence-electron chi connectivity index (χ3n) is 2.59. The van der Waals surface area contributed by atoms with Gasteiger partial charge in [0.25, 0.3) is 0 Å².